The molecular formula is C21H23NO5. The second kappa shape index (κ2) is 9.62. The zero-order valence-corrected chi connectivity index (χ0v) is 15.5. The number of carbonyl (C=O) groups is 2. The van der Waals surface area contributed by atoms with E-state index in [-0.39, 0.29) is 25.0 Å². The number of ketones is 1. The molecule has 6 heteroatoms. The molecule has 0 saturated carbocycles. The second-order valence-corrected chi connectivity index (χ2v) is 6.48. The highest BCUT2D eigenvalue weighted by atomic mass is 16.6. The van der Waals surface area contributed by atoms with Gasteiger partial charge in [0.2, 0.25) is 6.04 Å². The fraction of sp³-hybridized carbons (Fsp3) is 0.333. The molecule has 0 aliphatic heterocycles. The van der Waals surface area contributed by atoms with Gasteiger partial charge in [-0.25, -0.2) is 0 Å². The minimum Gasteiger partial charge on any atom is -0.469 e. The molecule has 2 aromatic carbocycles. The number of benzene rings is 2. The van der Waals surface area contributed by atoms with Crippen molar-refractivity contribution in [3.63, 3.8) is 0 Å². The summed E-state index contributed by atoms with van der Waals surface area (Å²) in [6.45, 7) is 1.93. The third-order valence-electron chi connectivity index (χ3n) is 4.61. The van der Waals surface area contributed by atoms with Crippen LogP contribution in [0, 0.1) is 17.0 Å². The number of nitro groups is 1. The maximum Gasteiger partial charge on any atom is 0.305 e. The van der Waals surface area contributed by atoms with Crippen molar-refractivity contribution in [2.75, 3.05) is 7.11 Å². The number of ether oxygens (including phenoxy) is 1. The predicted molar refractivity (Wildman–Crippen MR) is 101 cm³/mol. The number of hydrogen-bond acceptors (Lipinski definition) is 5. The van der Waals surface area contributed by atoms with E-state index in [0.29, 0.717) is 11.1 Å². The summed E-state index contributed by atoms with van der Waals surface area (Å²) in [5, 5.41) is 11.7. The van der Waals surface area contributed by atoms with Crippen molar-refractivity contribution in [2.45, 2.75) is 38.1 Å². The summed E-state index contributed by atoms with van der Waals surface area (Å²) in [5.74, 6) is -1.29. The molecule has 27 heavy (non-hydrogen) atoms. The van der Waals surface area contributed by atoms with Crippen molar-refractivity contribution in [2.24, 2.45) is 0 Å². The standard InChI is InChI=1S/C21H23NO5/c1-15-8-10-17(11-9-15)20(23)14-18(16-6-4-3-5-7-16)19(22(25)26)12-13-21(24)27-2/h3-11,18-19H,12-14H2,1-2H3/t18-,19+/m0/s1. The number of aryl methyl sites for hydroxylation is 1. The van der Waals surface area contributed by atoms with E-state index in [9.17, 15) is 19.7 Å². The molecule has 142 valence electrons. The van der Waals surface area contributed by atoms with Gasteiger partial charge in [0.1, 0.15) is 0 Å². The molecule has 0 heterocycles. The first-order valence-electron chi connectivity index (χ1n) is 8.77. The lowest BCUT2D eigenvalue weighted by molar-refractivity contribution is -0.527. The lowest BCUT2D eigenvalue weighted by Crippen LogP contribution is -2.30. The van der Waals surface area contributed by atoms with Crippen molar-refractivity contribution in [3.05, 3.63) is 81.4 Å². The van der Waals surface area contributed by atoms with Crippen LogP contribution in [0.2, 0.25) is 0 Å². The summed E-state index contributed by atoms with van der Waals surface area (Å²) >= 11 is 0. The van der Waals surface area contributed by atoms with E-state index >= 15 is 0 Å². The van der Waals surface area contributed by atoms with Gasteiger partial charge >= 0.3 is 5.97 Å². The van der Waals surface area contributed by atoms with Gasteiger partial charge in [0.25, 0.3) is 0 Å². The minimum absolute atomic E-state index is 0.000106. The average molecular weight is 369 g/mol. The van der Waals surface area contributed by atoms with Crippen LogP contribution in [0.3, 0.4) is 0 Å². The van der Waals surface area contributed by atoms with Crippen LogP contribution in [0.1, 0.15) is 46.7 Å². The van der Waals surface area contributed by atoms with Gasteiger partial charge in [0, 0.05) is 23.3 Å². The smallest absolute Gasteiger partial charge is 0.305 e. The van der Waals surface area contributed by atoms with Crippen LogP contribution in [-0.4, -0.2) is 29.8 Å². The molecule has 2 rings (SSSR count). The van der Waals surface area contributed by atoms with Crippen LogP contribution in [0.15, 0.2) is 54.6 Å². The molecule has 0 radical (unpaired) electrons. The Morgan fingerprint density at radius 3 is 2.26 bits per heavy atom. The fourth-order valence-electron chi connectivity index (χ4n) is 3.05. The van der Waals surface area contributed by atoms with Crippen molar-refractivity contribution in [1.29, 1.82) is 0 Å². The molecule has 0 N–H and O–H groups in total. The van der Waals surface area contributed by atoms with Crippen LogP contribution in [0.5, 0.6) is 0 Å². The number of nitrogens with zero attached hydrogens (tertiary/aromatic N) is 1. The van der Waals surface area contributed by atoms with Crippen LogP contribution in [0.25, 0.3) is 0 Å². The Morgan fingerprint density at radius 1 is 1.07 bits per heavy atom. The second-order valence-electron chi connectivity index (χ2n) is 6.48. The Kier molecular flexibility index (Phi) is 7.23. The molecule has 0 aliphatic carbocycles. The predicted octanol–water partition coefficient (Wildman–Crippen LogP) is 3.95. The summed E-state index contributed by atoms with van der Waals surface area (Å²) in [4.78, 5) is 35.5. The quantitative estimate of drug-likeness (QED) is 0.289. The first kappa shape index (κ1) is 20.3. The summed E-state index contributed by atoms with van der Waals surface area (Å²) in [5.41, 5.74) is 2.27. The Labute approximate surface area is 158 Å². The number of Topliss-reactive ketones (excluding diaryl/α,β-unsaturated/α-hetero) is 1. The molecule has 0 bridgehead atoms. The topological polar surface area (TPSA) is 86.5 Å². The van der Waals surface area contributed by atoms with Crippen molar-refractivity contribution in [1.82, 2.24) is 0 Å². The first-order chi connectivity index (χ1) is 12.9. The van der Waals surface area contributed by atoms with Crippen LogP contribution < -0.4 is 0 Å². The molecule has 0 spiro atoms. The van der Waals surface area contributed by atoms with Crippen LogP contribution in [-0.2, 0) is 9.53 Å². The molecule has 0 saturated heterocycles. The van der Waals surface area contributed by atoms with Gasteiger partial charge in [-0.05, 0) is 12.5 Å². The largest absolute Gasteiger partial charge is 0.469 e. The molecule has 0 aliphatic rings. The summed E-state index contributed by atoms with van der Waals surface area (Å²) in [7, 11) is 1.25. The van der Waals surface area contributed by atoms with Gasteiger partial charge in [-0.15, -0.1) is 0 Å². The number of methoxy groups -OCH3 is 1. The number of rotatable bonds is 9. The highest BCUT2D eigenvalue weighted by molar-refractivity contribution is 5.96. The maximum absolute atomic E-state index is 12.7. The molecule has 0 unspecified atom stereocenters. The lowest BCUT2D eigenvalue weighted by atomic mass is 9.84. The number of hydrogen-bond donors (Lipinski definition) is 0. The van der Waals surface area contributed by atoms with Crippen molar-refractivity contribution >= 4 is 11.8 Å². The van der Waals surface area contributed by atoms with E-state index in [0.717, 1.165) is 5.56 Å². The molecular weight excluding hydrogens is 346 g/mol. The SMILES string of the molecule is COC(=O)CC[C@H]([C@@H](CC(=O)c1ccc(C)cc1)c1ccccc1)[N+](=O)[O-]. The Morgan fingerprint density at radius 2 is 1.70 bits per heavy atom. The van der Waals surface area contributed by atoms with E-state index in [1.165, 1.54) is 7.11 Å². The Balaban J connectivity index is 2.29. The lowest BCUT2D eigenvalue weighted by Gasteiger charge is -2.21. The fourth-order valence-corrected chi connectivity index (χ4v) is 3.05. The Hall–Kier alpha value is -3.02. The first-order valence-corrected chi connectivity index (χ1v) is 8.77. The molecule has 6 nitrogen and oxygen atoms in total. The van der Waals surface area contributed by atoms with Crippen molar-refractivity contribution < 1.29 is 19.2 Å². The van der Waals surface area contributed by atoms with Gasteiger partial charge < -0.3 is 4.74 Å². The van der Waals surface area contributed by atoms with Crippen LogP contribution >= 0.6 is 0 Å². The Bertz CT molecular complexity index is 786. The summed E-state index contributed by atoms with van der Waals surface area (Å²) in [6.07, 6.45) is -0.0511. The summed E-state index contributed by atoms with van der Waals surface area (Å²) < 4.78 is 4.60. The van der Waals surface area contributed by atoms with Gasteiger partial charge in [-0.3, -0.25) is 19.7 Å². The van der Waals surface area contributed by atoms with Crippen LogP contribution in [0.4, 0.5) is 0 Å². The monoisotopic (exact) mass is 369 g/mol. The third-order valence-corrected chi connectivity index (χ3v) is 4.61. The average Bonchev–Trinajstić information content (AvgIpc) is 2.67. The zero-order valence-electron chi connectivity index (χ0n) is 15.5. The summed E-state index contributed by atoms with van der Waals surface area (Å²) in [6, 6.07) is 15.0. The van der Waals surface area contributed by atoms with E-state index in [2.05, 4.69) is 4.74 Å². The molecule has 0 aromatic heterocycles. The van der Waals surface area contributed by atoms with E-state index in [1.807, 2.05) is 25.1 Å². The highest BCUT2D eigenvalue weighted by Crippen LogP contribution is 2.30. The molecule has 0 fully saturated rings. The van der Waals surface area contributed by atoms with Crippen molar-refractivity contribution in [3.8, 4) is 0 Å². The highest BCUT2D eigenvalue weighted by Gasteiger charge is 2.35. The van der Waals surface area contributed by atoms with E-state index in [4.69, 9.17) is 0 Å². The van der Waals surface area contributed by atoms with E-state index in [1.54, 1.807) is 36.4 Å². The molecule has 2 atom stereocenters. The number of esters is 1. The maximum atomic E-state index is 12.7. The third kappa shape index (κ3) is 5.74. The number of carbonyl (C=O) groups excluding carboxylic acids is 2. The van der Waals surface area contributed by atoms with Gasteiger partial charge in [0.15, 0.2) is 5.78 Å². The van der Waals surface area contributed by atoms with Gasteiger partial charge in [-0.2, -0.15) is 0 Å². The van der Waals surface area contributed by atoms with E-state index < -0.39 is 22.9 Å². The molecule has 0 amide bonds. The normalized spacial score (nSPS) is 12.8. The van der Waals surface area contributed by atoms with Gasteiger partial charge in [0.05, 0.1) is 19.4 Å². The minimum atomic E-state index is -1.05. The van der Waals surface area contributed by atoms with Gasteiger partial charge in [-0.1, -0.05) is 60.2 Å². The zero-order chi connectivity index (χ0) is 19.8. The molecule has 2 aromatic rings.